The quantitative estimate of drug-likeness (QED) is 0.742. The zero-order valence-electron chi connectivity index (χ0n) is 9.32. The molecule has 1 aromatic heterocycles. The predicted molar refractivity (Wildman–Crippen MR) is 57.1 cm³/mol. The van der Waals surface area contributed by atoms with Crippen molar-refractivity contribution in [1.82, 2.24) is 20.1 Å². The summed E-state index contributed by atoms with van der Waals surface area (Å²) in [5, 5.41) is 7.54. The summed E-state index contributed by atoms with van der Waals surface area (Å²) in [6.07, 6.45) is 4.93. The Labute approximate surface area is 85.7 Å². The lowest BCUT2D eigenvalue weighted by Gasteiger charge is -2.13. The molecule has 0 saturated heterocycles. The van der Waals surface area contributed by atoms with Gasteiger partial charge in [0, 0.05) is 26.1 Å². The molecule has 0 saturated carbocycles. The molecule has 0 aliphatic rings. The van der Waals surface area contributed by atoms with Crippen LogP contribution in [0.3, 0.4) is 0 Å². The van der Waals surface area contributed by atoms with Gasteiger partial charge in [0.2, 0.25) is 0 Å². The van der Waals surface area contributed by atoms with Gasteiger partial charge in [0.15, 0.2) is 0 Å². The van der Waals surface area contributed by atoms with Crippen molar-refractivity contribution in [2.24, 2.45) is 7.05 Å². The van der Waals surface area contributed by atoms with E-state index in [4.69, 9.17) is 0 Å². The maximum atomic E-state index is 4.18. The Morgan fingerprint density at radius 1 is 1.43 bits per heavy atom. The van der Waals surface area contributed by atoms with Crippen LogP contribution in [0, 0.1) is 0 Å². The third-order valence-electron chi connectivity index (χ3n) is 2.57. The third kappa shape index (κ3) is 3.10. The molecule has 0 aromatic carbocycles. The van der Waals surface area contributed by atoms with Crippen LogP contribution in [0.15, 0.2) is 6.33 Å². The van der Waals surface area contributed by atoms with Gasteiger partial charge in [0.25, 0.3) is 0 Å². The Bertz CT molecular complexity index is 252. The minimum Gasteiger partial charge on any atom is -0.314 e. The van der Waals surface area contributed by atoms with Crippen molar-refractivity contribution in [2.75, 3.05) is 6.54 Å². The SMILES string of the molecule is CCC(CC)NCCc1ncnn1C. The molecule has 0 amide bonds. The van der Waals surface area contributed by atoms with E-state index >= 15 is 0 Å². The van der Waals surface area contributed by atoms with Crippen molar-refractivity contribution in [3.8, 4) is 0 Å². The molecule has 1 aromatic rings. The standard InChI is InChI=1S/C10H20N4/c1-4-9(5-2)11-7-6-10-12-8-13-14(10)3/h8-9,11H,4-7H2,1-3H3. The van der Waals surface area contributed by atoms with Gasteiger partial charge in [-0.15, -0.1) is 0 Å². The van der Waals surface area contributed by atoms with E-state index in [0.717, 1.165) is 18.8 Å². The summed E-state index contributed by atoms with van der Waals surface area (Å²) < 4.78 is 1.83. The fourth-order valence-electron chi connectivity index (χ4n) is 1.51. The van der Waals surface area contributed by atoms with Crippen molar-refractivity contribution in [2.45, 2.75) is 39.2 Å². The fraction of sp³-hybridized carbons (Fsp3) is 0.800. The van der Waals surface area contributed by atoms with Crippen LogP contribution in [0.2, 0.25) is 0 Å². The first-order valence-electron chi connectivity index (χ1n) is 5.34. The van der Waals surface area contributed by atoms with Crippen molar-refractivity contribution in [1.29, 1.82) is 0 Å². The second-order valence-electron chi connectivity index (χ2n) is 3.52. The number of aryl methyl sites for hydroxylation is 1. The molecular weight excluding hydrogens is 176 g/mol. The number of rotatable bonds is 6. The highest BCUT2D eigenvalue weighted by Crippen LogP contribution is 1.97. The van der Waals surface area contributed by atoms with Gasteiger partial charge >= 0.3 is 0 Å². The number of aromatic nitrogens is 3. The molecule has 0 unspecified atom stereocenters. The average Bonchev–Trinajstić information content (AvgIpc) is 2.59. The van der Waals surface area contributed by atoms with E-state index < -0.39 is 0 Å². The molecule has 14 heavy (non-hydrogen) atoms. The van der Waals surface area contributed by atoms with Crippen LogP contribution in [0.1, 0.15) is 32.5 Å². The minimum atomic E-state index is 0.642. The molecular formula is C10H20N4. The zero-order valence-corrected chi connectivity index (χ0v) is 9.32. The van der Waals surface area contributed by atoms with Crippen molar-refractivity contribution in [3.05, 3.63) is 12.2 Å². The molecule has 0 bridgehead atoms. The zero-order chi connectivity index (χ0) is 10.4. The maximum Gasteiger partial charge on any atom is 0.138 e. The molecule has 0 aliphatic heterocycles. The Balaban J connectivity index is 2.24. The van der Waals surface area contributed by atoms with Crippen LogP contribution in [-0.2, 0) is 13.5 Å². The predicted octanol–water partition coefficient (Wildman–Crippen LogP) is 1.14. The van der Waals surface area contributed by atoms with Gasteiger partial charge in [0.05, 0.1) is 0 Å². The second-order valence-corrected chi connectivity index (χ2v) is 3.52. The maximum absolute atomic E-state index is 4.18. The summed E-state index contributed by atoms with van der Waals surface area (Å²) in [4.78, 5) is 4.18. The number of hydrogen-bond donors (Lipinski definition) is 1. The van der Waals surface area contributed by atoms with Gasteiger partial charge in [-0.25, -0.2) is 4.98 Å². The van der Waals surface area contributed by atoms with Gasteiger partial charge in [-0.1, -0.05) is 13.8 Å². The number of nitrogens with one attached hydrogen (secondary N) is 1. The molecule has 1 heterocycles. The van der Waals surface area contributed by atoms with Gasteiger partial charge in [-0.05, 0) is 12.8 Å². The largest absolute Gasteiger partial charge is 0.314 e. The Morgan fingerprint density at radius 3 is 2.64 bits per heavy atom. The monoisotopic (exact) mass is 196 g/mol. The normalized spacial score (nSPS) is 11.1. The van der Waals surface area contributed by atoms with Crippen LogP contribution in [-0.4, -0.2) is 27.4 Å². The number of hydrogen-bond acceptors (Lipinski definition) is 3. The van der Waals surface area contributed by atoms with Gasteiger partial charge < -0.3 is 5.32 Å². The highest BCUT2D eigenvalue weighted by atomic mass is 15.3. The first-order chi connectivity index (χ1) is 6.77. The highest BCUT2D eigenvalue weighted by Gasteiger charge is 2.03. The first-order valence-corrected chi connectivity index (χ1v) is 5.34. The highest BCUT2D eigenvalue weighted by molar-refractivity contribution is 4.84. The molecule has 0 atom stereocenters. The van der Waals surface area contributed by atoms with E-state index in [2.05, 4.69) is 29.2 Å². The molecule has 0 radical (unpaired) electrons. The Morgan fingerprint density at radius 2 is 2.14 bits per heavy atom. The molecule has 4 heteroatoms. The summed E-state index contributed by atoms with van der Waals surface area (Å²) in [6.45, 7) is 5.41. The molecule has 1 N–H and O–H groups in total. The lowest BCUT2D eigenvalue weighted by molar-refractivity contribution is 0.482. The van der Waals surface area contributed by atoms with Crippen molar-refractivity contribution >= 4 is 0 Å². The van der Waals surface area contributed by atoms with Crippen LogP contribution in [0.5, 0.6) is 0 Å². The van der Waals surface area contributed by atoms with Crippen LogP contribution >= 0.6 is 0 Å². The summed E-state index contributed by atoms with van der Waals surface area (Å²) in [7, 11) is 1.93. The number of nitrogens with zero attached hydrogens (tertiary/aromatic N) is 3. The Kier molecular flexibility index (Phi) is 4.59. The average molecular weight is 196 g/mol. The van der Waals surface area contributed by atoms with E-state index in [9.17, 15) is 0 Å². The van der Waals surface area contributed by atoms with E-state index in [1.807, 2.05) is 11.7 Å². The third-order valence-corrected chi connectivity index (χ3v) is 2.57. The summed E-state index contributed by atoms with van der Waals surface area (Å²) in [6, 6.07) is 0.642. The molecule has 0 aliphatic carbocycles. The molecule has 80 valence electrons. The summed E-state index contributed by atoms with van der Waals surface area (Å²) in [5.41, 5.74) is 0. The Hall–Kier alpha value is -0.900. The molecule has 0 spiro atoms. The van der Waals surface area contributed by atoms with E-state index in [1.165, 1.54) is 12.8 Å². The molecule has 0 fully saturated rings. The van der Waals surface area contributed by atoms with Crippen molar-refractivity contribution in [3.63, 3.8) is 0 Å². The van der Waals surface area contributed by atoms with Gasteiger partial charge in [-0.3, -0.25) is 4.68 Å². The molecule has 1 rings (SSSR count). The lowest BCUT2D eigenvalue weighted by atomic mass is 10.2. The first kappa shape index (κ1) is 11.2. The van der Waals surface area contributed by atoms with Crippen LogP contribution < -0.4 is 5.32 Å². The topological polar surface area (TPSA) is 42.7 Å². The fourth-order valence-corrected chi connectivity index (χ4v) is 1.51. The van der Waals surface area contributed by atoms with E-state index in [-0.39, 0.29) is 0 Å². The lowest BCUT2D eigenvalue weighted by Crippen LogP contribution is -2.30. The van der Waals surface area contributed by atoms with Crippen LogP contribution in [0.4, 0.5) is 0 Å². The minimum absolute atomic E-state index is 0.642. The summed E-state index contributed by atoms with van der Waals surface area (Å²) >= 11 is 0. The van der Waals surface area contributed by atoms with Crippen LogP contribution in [0.25, 0.3) is 0 Å². The summed E-state index contributed by atoms with van der Waals surface area (Å²) in [5.74, 6) is 1.04. The second kappa shape index (κ2) is 5.75. The van der Waals surface area contributed by atoms with E-state index in [0.29, 0.717) is 6.04 Å². The van der Waals surface area contributed by atoms with Gasteiger partial charge in [-0.2, -0.15) is 5.10 Å². The van der Waals surface area contributed by atoms with Gasteiger partial charge in [0.1, 0.15) is 12.2 Å². The van der Waals surface area contributed by atoms with Crippen molar-refractivity contribution < 1.29 is 0 Å². The molecule has 4 nitrogen and oxygen atoms in total. The van der Waals surface area contributed by atoms with E-state index in [1.54, 1.807) is 6.33 Å². The smallest absolute Gasteiger partial charge is 0.138 e.